The normalized spacial score (nSPS) is 15.9. The number of ether oxygens (including phenoxy) is 1. The molecule has 0 aliphatic carbocycles. The molecule has 29 heavy (non-hydrogen) atoms. The summed E-state index contributed by atoms with van der Waals surface area (Å²) in [4.78, 5) is 18.2. The van der Waals surface area contributed by atoms with Crippen molar-refractivity contribution in [3.05, 3.63) is 58.0 Å². The number of piperidine rings is 1. The third-order valence-electron chi connectivity index (χ3n) is 5.08. The summed E-state index contributed by atoms with van der Waals surface area (Å²) in [5, 5.41) is 0.452. The van der Waals surface area contributed by atoms with Gasteiger partial charge < -0.3 is 9.64 Å². The van der Waals surface area contributed by atoms with Crippen LogP contribution < -0.4 is 4.74 Å². The summed E-state index contributed by atoms with van der Waals surface area (Å²) in [7, 11) is 0. The van der Waals surface area contributed by atoms with Gasteiger partial charge >= 0.3 is 0 Å². The van der Waals surface area contributed by atoms with E-state index in [0.717, 1.165) is 0 Å². The highest BCUT2D eigenvalue weighted by Crippen LogP contribution is 2.32. The lowest BCUT2D eigenvalue weighted by Gasteiger charge is -2.36. The van der Waals surface area contributed by atoms with Crippen molar-refractivity contribution in [2.45, 2.75) is 37.8 Å². The topological polar surface area (TPSA) is 42.4 Å². The van der Waals surface area contributed by atoms with Crippen LogP contribution >= 0.6 is 23.2 Å². The number of hydrogen-bond donors (Lipinski definition) is 0. The van der Waals surface area contributed by atoms with Gasteiger partial charge in [0.25, 0.3) is 5.91 Å². The van der Waals surface area contributed by atoms with E-state index >= 15 is 4.39 Å². The Hall–Kier alpha value is -1.92. The van der Waals surface area contributed by atoms with E-state index in [0.29, 0.717) is 55.4 Å². The van der Waals surface area contributed by atoms with Crippen LogP contribution in [0.3, 0.4) is 0 Å². The third kappa shape index (κ3) is 6.03. The SMILES string of the molecule is O=C(c1ccc(F)c(Cl)c1)N1CCC(F)(CCCCOc2ccc(Cl)cn2)CC1. The predicted octanol–water partition coefficient (Wildman–Crippen LogP) is 5.72. The Labute approximate surface area is 178 Å². The van der Waals surface area contributed by atoms with Crippen LogP contribution in [0.1, 0.15) is 42.5 Å². The summed E-state index contributed by atoms with van der Waals surface area (Å²) >= 11 is 11.5. The van der Waals surface area contributed by atoms with Gasteiger partial charge in [0.2, 0.25) is 5.88 Å². The van der Waals surface area contributed by atoms with Crippen molar-refractivity contribution >= 4 is 29.1 Å². The number of hydrogen-bond acceptors (Lipinski definition) is 3. The molecule has 0 spiro atoms. The van der Waals surface area contributed by atoms with Gasteiger partial charge in [-0.1, -0.05) is 23.2 Å². The molecule has 0 saturated carbocycles. The molecule has 2 heterocycles. The minimum Gasteiger partial charge on any atom is -0.478 e. The average Bonchev–Trinajstić information content (AvgIpc) is 2.71. The fourth-order valence-electron chi connectivity index (χ4n) is 3.34. The molecule has 0 bridgehead atoms. The van der Waals surface area contributed by atoms with E-state index in [9.17, 15) is 9.18 Å². The highest BCUT2D eigenvalue weighted by atomic mass is 35.5. The summed E-state index contributed by atoms with van der Waals surface area (Å²) in [5.41, 5.74) is -0.967. The molecule has 3 rings (SSSR count). The van der Waals surface area contributed by atoms with Crippen molar-refractivity contribution in [2.75, 3.05) is 19.7 Å². The average molecular weight is 443 g/mol. The molecule has 0 unspecified atom stereocenters. The smallest absolute Gasteiger partial charge is 0.253 e. The fraction of sp³-hybridized carbons (Fsp3) is 0.429. The van der Waals surface area contributed by atoms with Crippen molar-refractivity contribution in [3.8, 4) is 5.88 Å². The Bertz CT molecular complexity index is 841. The highest BCUT2D eigenvalue weighted by Gasteiger charge is 2.35. The number of halogens is 4. The fourth-order valence-corrected chi connectivity index (χ4v) is 3.63. The van der Waals surface area contributed by atoms with Gasteiger partial charge in [-0.05, 0) is 56.4 Å². The van der Waals surface area contributed by atoms with Gasteiger partial charge in [0.05, 0.1) is 16.7 Å². The second-order valence-corrected chi connectivity index (χ2v) is 8.04. The number of carbonyl (C=O) groups is 1. The van der Waals surface area contributed by atoms with E-state index in [1.165, 1.54) is 24.4 Å². The lowest BCUT2D eigenvalue weighted by atomic mass is 9.88. The van der Waals surface area contributed by atoms with Crippen molar-refractivity contribution in [1.29, 1.82) is 0 Å². The second kappa shape index (κ2) is 9.72. The lowest BCUT2D eigenvalue weighted by Crippen LogP contribution is -2.44. The summed E-state index contributed by atoms with van der Waals surface area (Å²) < 4.78 is 33.8. The molecule has 1 aromatic heterocycles. The minimum atomic E-state index is -1.28. The Morgan fingerprint density at radius 2 is 1.93 bits per heavy atom. The van der Waals surface area contributed by atoms with Crippen molar-refractivity contribution in [1.82, 2.24) is 9.88 Å². The number of unbranched alkanes of at least 4 members (excludes halogenated alkanes) is 1. The monoisotopic (exact) mass is 442 g/mol. The maximum atomic E-state index is 15.0. The second-order valence-electron chi connectivity index (χ2n) is 7.19. The molecule has 1 aliphatic heterocycles. The van der Waals surface area contributed by atoms with Crippen LogP contribution in [0.4, 0.5) is 8.78 Å². The molecule has 1 aromatic carbocycles. The summed E-state index contributed by atoms with van der Waals surface area (Å²) in [6.07, 6.45) is 3.91. The van der Waals surface area contributed by atoms with Gasteiger partial charge in [-0.2, -0.15) is 0 Å². The summed E-state index contributed by atoms with van der Waals surface area (Å²) in [5.74, 6) is -0.324. The standard InChI is InChI=1S/C21H22Cl2F2N2O2/c22-16-4-6-19(26-14-16)29-12-2-1-7-21(25)8-10-27(11-9-21)20(28)15-3-5-18(24)17(23)13-15/h3-6,13-14H,1-2,7-12H2. The van der Waals surface area contributed by atoms with Gasteiger partial charge in [0, 0.05) is 30.9 Å². The lowest BCUT2D eigenvalue weighted by molar-refractivity contribution is 0.0382. The van der Waals surface area contributed by atoms with E-state index in [1.807, 2.05) is 0 Å². The molecule has 0 radical (unpaired) electrons. The largest absolute Gasteiger partial charge is 0.478 e. The first-order chi connectivity index (χ1) is 13.9. The zero-order valence-corrected chi connectivity index (χ0v) is 17.4. The Balaban J connectivity index is 1.40. The van der Waals surface area contributed by atoms with Crippen LogP contribution in [0.25, 0.3) is 0 Å². The minimum absolute atomic E-state index is 0.0938. The van der Waals surface area contributed by atoms with Crippen molar-refractivity contribution in [2.24, 2.45) is 0 Å². The van der Waals surface area contributed by atoms with Gasteiger partial charge in [-0.15, -0.1) is 0 Å². The Kier molecular flexibility index (Phi) is 7.30. The first-order valence-electron chi connectivity index (χ1n) is 9.54. The van der Waals surface area contributed by atoms with Crippen LogP contribution in [0.15, 0.2) is 36.5 Å². The molecule has 4 nitrogen and oxygen atoms in total. The molecule has 2 aromatic rings. The Morgan fingerprint density at radius 1 is 1.17 bits per heavy atom. The highest BCUT2D eigenvalue weighted by molar-refractivity contribution is 6.31. The zero-order valence-electron chi connectivity index (χ0n) is 15.8. The number of rotatable bonds is 7. The molecule has 156 valence electrons. The van der Waals surface area contributed by atoms with Crippen LogP contribution in [0, 0.1) is 5.82 Å². The number of aromatic nitrogens is 1. The molecular formula is C21H22Cl2F2N2O2. The maximum Gasteiger partial charge on any atom is 0.253 e. The number of nitrogens with zero attached hydrogens (tertiary/aromatic N) is 2. The molecular weight excluding hydrogens is 421 g/mol. The predicted molar refractivity (Wildman–Crippen MR) is 109 cm³/mol. The molecule has 0 N–H and O–H groups in total. The van der Waals surface area contributed by atoms with Crippen LogP contribution in [0.5, 0.6) is 5.88 Å². The Morgan fingerprint density at radius 3 is 2.59 bits per heavy atom. The van der Waals surface area contributed by atoms with Gasteiger partial charge in [-0.3, -0.25) is 4.79 Å². The number of amides is 1. The summed E-state index contributed by atoms with van der Waals surface area (Å²) in [6, 6.07) is 7.28. The van der Waals surface area contributed by atoms with E-state index in [-0.39, 0.29) is 23.8 Å². The quantitative estimate of drug-likeness (QED) is 0.514. The number of likely N-dealkylation sites (tertiary alicyclic amines) is 1. The van der Waals surface area contributed by atoms with Crippen molar-refractivity contribution < 1.29 is 18.3 Å². The first kappa shape index (κ1) is 21.8. The summed E-state index contributed by atoms with van der Waals surface area (Å²) in [6.45, 7) is 1.12. The van der Waals surface area contributed by atoms with E-state index in [4.69, 9.17) is 27.9 Å². The van der Waals surface area contributed by atoms with E-state index in [1.54, 1.807) is 17.0 Å². The molecule has 1 saturated heterocycles. The van der Waals surface area contributed by atoms with Crippen molar-refractivity contribution in [3.63, 3.8) is 0 Å². The molecule has 1 fully saturated rings. The van der Waals surface area contributed by atoms with Gasteiger partial charge in [0.15, 0.2) is 0 Å². The third-order valence-corrected chi connectivity index (χ3v) is 5.60. The van der Waals surface area contributed by atoms with Gasteiger partial charge in [-0.25, -0.2) is 13.8 Å². The molecule has 8 heteroatoms. The zero-order chi connectivity index (χ0) is 20.9. The number of pyridine rings is 1. The van der Waals surface area contributed by atoms with E-state index in [2.05, 4.69) is 4.98 Å². The molecule has 1 aliphatic rings. The van der Waals surface area contributed by atoms with Crippen LogP contribution in [-0.4, -0.2) is 41.2 Å². The first-order valence-corrected chi connectivity index (χ1v) is 10.3. The van der Waals surface area contributed by atoms with Gasteiger partial charge in [0.1, 0.15) is 11.5 Å². The molecule has 0 atom stereocenters. The number of carbonyl (C=O) groups excluding carboxylic acids is 1. The van der Waals surface area contributed by atoms with Crippen LogP contribution in [-0.2, 0) is 0 Å². The number of benzene rings is 1. The van der Waals surface area contributed by atoms with Crippen LogP contribution in [0.2, 0.25) is 10.0 Å². The molecule has 1 amide bonds. The van der Waals surface area contributed by atoms with E-state index < -0.39 is 11.5 Å². The maximum absolute atomic E-state index is 15.0. The number of alkyl halides is 1.